The number of rotatable bonds is 3. The van der Waals surface area contributed by atoms with Crippen LogP contribution < -0.4 is 0 Å². The third-order valence-corrected chi connectivity index (χ3v) is 4.46. The minimum absolute atomic E-state index is 0.147. The van der Waals surface area contributed by atoms with Crippen LogP contribution >= 0.6 is 15.9 Å². The second kappa shape index (κ2) is 3.76. The summed E-state index contributed by atoms with van der Waals surface area (Å²) in [5.41, 5.74) is 0.293. The number of hydrogen-bond donors (Lipinski definition) is 0. The molecule has 3 heteroatoms. The van der Waals surface area contributed by atoms with Crippen LogP contribution in [0.15, 0.2) is 0 Å². The normalized spacial score (nSPS) is 24.7. The molecule has 0 spiro atoms. The van der Waals surface area contributed by atoms with Crippen LogP contribution in [0.5, 0.6) is 0 Å². The lowest BCUT2D eigenvalue weighted by atomic mass is 10.0. The lowest BCUT2D eigenvalue weighted by Crippen LogP contribution is -2.33. The summed E-state index contributed by atoms with van der Waals surface area (Å²) in [6.07, 6.45) is 0. The van der Waals surface area contributed by atoms with E-state index in [2.05, 4.69) is 50.5 Å². The fourth-order valence-electron chi connectivity index (χ4n) is 2.50. The average molecular weight is 276 g/mol. The molecular formula is C12H22BrNO. The zero-order chi connectivity index (χ0) is 12.0. The van der Waals surface area contributed by atoms with Gasteiger partial charge in [-0.05, 0) is 10.8 Å². The quantitative estimate of drug-likeness (QED) is 0.726. The Morgan fingerprint density at radius 1 is 1.33 bits per heavy atom. The standard InChI is InChI=1S/C12H22BrNO/c1-8(13)7-14(6)10(15)9-11(2,3)12(9,4)5/h8-9H,7H2,1-6H3. The first kappa shape index (κ1) is 13.0. The minimum atomic E-state index is 0.147. The van der Waals surface area contributed by atoms with Gasteiger partial charge in [0.25, 0.3) is 0 Å². The molecule has 1 rings (SSSR count). The second-order valence-corrected chi connectivity index (χ2v) is 7.44. The van der Waals surface area contributed by atoms with Crippen molar-refractivity contribution in [3.05, 3.63) is 0 Å². The molecule has 1 fully saturated rings. The number of alkyl halides is 1. The van der Waals surface area contributed by atoms with Gasteiger partial charge in [0, 0.05) is 24.3 Å². The average Bonchev–Trinajstić information content (AvgIpc) is 2.40. The summed E-state index contributed by atoms with van der Waals surface area (Å²) >= 11 is 3.48. The van der Waals surface area contributed by atoms with Gasteiger partial charge in [-0.3, -0.25) is 4.79 Å². The molecule has 15 heavy (non-hydrogen) atoms. The molecule has 1 aliphatic rings. The first-order valence-electron chi connectivity index (χ1n) is 5.51. The fraction of sp³-hybridized carbons (Fsp3) is 0.917. The van der Waals surface area contributed by atoms with Crippen LogP contribution in [0.4, 0.5) is 0 Å². The predicted molar refractivity (Wildman–Crippen MR) is 67.1 cm³/mol. The van der Waals surface area contributed by atoms with Crippen LogP contribution in [-0.2, 0) is 4.79 Å². The van der Waals surface area contributed by atoms with E-state index in [0.29, 0.717) is 4.83 Å². The maximum atomic E-state index is 12.2. The van der Waals surface area contributed by atoms with E-state index in [1.165, 1.54) is 0 Å². The maximum Gasteiger partial charge on any atom is 0.226 e. The number of carbonyl (C=O) groups is 1. The Morgan fingerprint density at radius 3 is 2.00 bits per heavy atom. The summed E-state index contributed by atoms with van der Waals surface area (Å²) in [6, 6.07) is 0. The van der Waals surface area contributed by atoms with Crippen molar-refractivity contribution in [3.63, 3.8) is 0 Å². The van der Waals surface area contributed by atoms with E-state index >= 15 is 0 Å². The topological polar surface area (TPSA) is 20.3 Å². The number of nitrogens with zero attached hydrogens (tertiary/aromatic N) is 1. The van der Waals surface area contributed by atoms with E-state index in [9.17, 15) is 4.79 Å². The van der Waals surface area contributed by atoms with Gasteiger partial charge in [-0.25, -0.2) is 0 Å². The van der Waals surface area contributed by atoms with Crippen molar-refractivity contribution < 1.29 is 4.79 Å². The highest BCUT2D eigenvalue weighted by Crippen LogP contribution is 2.68. The van der Waals surface area contributed by atoms with Gasteiger partial charge in [0.1, 0.15) is 0 Å². The molecular weight excluding hydrogens is 254 g/mol. The molecule has 0 saturated heterocycles. The van der Waals surface area contributed by atoms with Gasteiger partial charge < -0.3 is 4.90 Å². The van der Waals surface area contributed by atoms with Crippen LogP contribution in [0.25, 0.3) is 0 Å². The van der Waals surface area contributed by atoms with Crippen molar-refractivity contribution in [3.8, 4) is 0 Å². The number of halogens is 1. The summed E-state index contributed by atoms with van der Waals surface area (Å²) in [4.78, 5) is 14.4. The molecule has 0 aromatic heterocycles. The Kier molecular flexibility index (Phi) is 3.26. The van der Waals surface area contributed by atoms with Crippen molar-refractivity contribution in [2.24, 2.45) is 16.7 Å². The highest BCUT2D eigenvalue weighted by Gasteiger charge is 2.68. The second-order valence-electron chi connectivity index (χ2n) is 5.88. The molecule has 0 radical (unpaired) electrons. The summed E-state index contributed by atoms with van der Waals surface area (Å²) in [6.45, 7) is 11.6. The van der Waals surface area contributed by atoms with Crippen LogP contribution in [0.3, 0.4) is 0 Å². The molecule has 1 unspecified atom stereocenters. The smallest absolute Gasteiger partial charge is 0.226 e. The zero-order valence-electron chi connectivity index (χ0n) is 10.6. The van der Waals surface area contributed by atoms with Gasteiger partial charge in [0.15, 0.2) is 0 Å². The minimum Gasteiger partial charge on any atom is -0.344 e. The van der Waals surface area contributed by atoms with Crippen LogP contribution in [0, 0.1) is 16.7 Å². The summed E-state index contributed by atoms with van der Waals surface area (Å²) in [5.74, 6) is 0.470. The van der Waals surface area contributed by atoms with Crippen LogP contribution in [0.2, 0.25) is 0 Å². The SMILES string of the molecule is CC(Br)CN(C)C(=O)C1C(C)(C)C1(C)C. The highest BCUT2D eigenvalue weighted by atomic mass is 79.9. The van der Waals surface area contributed by atoms with Gasteiger partial charge in [-0.2, -0.15) is 0 Å². The molecule has 1 aliphatic carbocycles. The molecule has 0 bridgehead atoms. The summed E-state index contributed by atoms with van der Waals surface area (Å²) in [5, 5.41) is 0. The van der Waals surface area contributed by atoms with E-state index in [1.807, 2.05) is 11.9 Å². The van der Waals surface area contributed by atoms with E-state index in [1.54, 1.807) is 0 Å². The number of amides is 1. The Balaban J connectivity index is 2.65. The van der Waals surface area contributed by atoms with E-state index in [0.717, 1.165) is 6.54 Å². The maximum absolute atomic E-state index is 12.2. The van der Waals surface area contributed by atoms with Crippen molar-refractivity contribution >= 4 is 21.8 Å². The Labute approximate surface area is 102 Å². The molecule has 0 aliphatic heterocycles. The molecule has 1 saturated carbocycles. The van der Waals surface area contributed by atoms with Gasteiger partial charge in [0.2, 0.25) is 5.91 Å². The van der Waals surface area contributed by atoms with Crippen molar-refractivity contribution in [1.82, 2.24) is 4.90 Å². The molecule has 2 nitrogen and oxygen atoms in total. The molecule has 0 N–H and O–H groups in total. The Morgan fingerprint density at radius 2 is 1.73 bits per heavy atom. The first-order chi connectivity index (χ1) is 6.62. The molecule has 0 aromatic rings. The molecule has 1 amide bonds. The molecule has 0 aromatic carbocycles. The first-order valence-corrected chi connectivity index (χ1v) is 6.43. The monoisotopic (exact) mass is 275 g/mol. The Bertz CT molecular complexity index is 257. The predicted octanol–water partition coefficient (Wildman–Crippen LogP) is 2.91. The fourth-order valence-corrected chi connectivity index (χ4v) is 2.94. The van der Waals surface area contributed by atoms with Crippen molar-refractivity contribution in [2.75, 3.05) is 13.6 Å². The summed E-state index contributed by atoms with van der Waals surface area (Å²) < 4.78 is 0. The van der Waals surface area contributed by atoms with Crippen molar-refractivity contribution in [1.29, 1.82) is 0 Å². The van der Waals surface area contributed by atoms with Gasteiger partial charge in [-0.15, -0.1) is 0 Å². The molecule has 0 heterocycles. The lowest BCUT2D eigenvalue weighted by molar-refractivity contribution is -0.132. The summed E-state index contributed by atoms with van der Waals surface area (Å²) in [7, 11) is 1.89. The van der Waals surface area contributed by atoms with Gasteiger partial charge >= 0.3 is 0 Å². The van der Waals surface area contributed by atoms with E-state index in [-0.39, 0.29) is 22.7 Å². The number of carbonyl (C=O) groups excluding carboxylic acids is 1. The van der Waals surface area contributed by atoms with Crippen LogP contribution in [0.1, 0.15) is 34.6 Å². The Hall–Kier alpha value is -0.0500. The van der Waals surface area contributed by atoms with Crippen LogP contribution in [-0.4, -0.2) is 29.2 Å². The van der Waals surface area contributed by atoms with E-state index in [4.69, 9.17) is 0 Å². The van der Waals surface area contributed by atoms with Gasteiger partial charge in [0.05, 0.1) is 0 Å². The lowest BCUT2D eigenvalue weighted by Gasteiger charge is -2.19. The third kappa shape index (κ3) is 2.08. The van der Waals surface area contributed by atoms with E-state index < -0.39 is 0 Å². The largest absolute Gasteiger partial charge is 0.344 e. The molecule has 88 valence electrons. The number of hydrogen-bond acceptors (Lipinski definition) is 1. The highest BCUT2D eigenvalue weighted by molar-refractivity contribution is 9.09. The third-order valence-electron chi connectivity index (χ3n) is 4.17. The van der Waals surface area contributed by atoms with Gasteiger partial charge in [-0.1, -0.05) is 50.5 Å². The van der Waals surface area contributed by atoms with Crippen molar-refractivity contribution in [2.45, 2.75) is 39.4 Å². The molecule has 1 atom stereocenters. The zero-order valence-corrected chi connectivity index (χ0v) is 12.2.